The predicted octanol–water partition coefficient (Wildman–Crippen LogP) is 18.2. The zero-order valence-electron chi connectivity index (χ0n) is 53.7. The van der Waals surface area contributed by atoms with E-state index in [0.717, 1.165) is 5.56 Å². The Hall–Kier alpha value is -5.05. The van der Waals surface area contributed by atoms with Crippen molar-refractivity contribution in [3.05, 3.63) is 178 Å². The van der Waals surface area contributed by atoms with Gasteiger partial charge < -0.3 is 26.6 Å². The maximum absolute atomic E-state index is 4.20. The van der Waals surface area contributed by atoms with Crippen molar-refractivity contribution >= 4 is 5.69 Å². The van der Waals surface area contributed by atoms with Crippen molar-refractivity contribution in [3.63, 3.8) is 0 Å². The molecule has 1 heterocycles. The van der Waals surface area contributed by atoms with Gasteiger partial charge in [0.05, 0.1) is 6.20 Å². The first-order chi connectivity index (χ1) is 35.3. The van der Waals surface area contributed by atoms with Crippen molar-refractivity contribution in [2.45, 2.75) is 237 Å². The first kappa shape index (κ1) is 68.1. The molecule has 2 atom stereocenters. The summed E-state index contributed by atoms with van der Waals surface area (Å²) < 4.78 is 1.83. The maximum Gasteiger partial charge on any atom is 0.0568 e. The van der Waals surface area contributed by atoms with Crippen LogP contribution < -0.4 is 26.6 Å². The first-order valence-electron chi connectivity index (χ1n) is 28.6. The minimum Gasteiger partial charge on any atom is -0.380 e. The van der Waals surface area contributed by atoms with Crippen LogP contribution in [0.25, 0.3) is 11.1 Å². The van der Waals surface area contributed by atoms with Crippen molar-refractivity contribution in [2.75, 3.05) is 5.32 Å². The van der Waals surface area contributed by atoms with Crippen LogP contribution in [0.3, 0.4) is 0 Å². The zero-order chi connectivity index (χ0) is 58.8. The number of nitrogens with one attached hydrogen (secondary N) is 5. The first-order valence-corrected chi connectivity index (χ1v) is 28.6. The van der Waals surface area contributed by atoms with E-state index in [-0.39, 0.29) is 38.8 Å². The van der Waals surface area contributed by atoms with Crippen LogP contribution in [0.2, 0.25) is 0 Å². The van der Waals surface area contributed by atoms with E-state index in [1.165, 1.54) is 68.6 Å². The molecule has 0 saturated heterocycles. The molecule has 5 N–H and O–H groups in total. The van der Waals surface area contributed by atoms with Gasteiger partial charge in [-0.3, -0.25) is 4.68 Å². The van der Waals surface area contributed by atoms with Gasteiger partial charge in [-0.15, -0.1) is 0 Å². The summed E-state index contributed by atoms with van der Waals surface area (Å²) in [7, 11) is 1.94. The Morgan fingerprint density at radius 1 is 0.481 bits per heavy atom. The van der Waals surface area contributed by atoms with E-state index in [9.17, 15) is 0 Å². The van der Waals surface area contributed by atoms with Gasteiger partial charge >= 0.3 is 0 Å². The average Bonchev–Trinajstić information content (AvgIpc) is 3.92. The largest absolute Gasteiger partial charge is 0.380 e. The van der Waals surface area contributed by atoms with Crippen LogP contribution >= 0.6 is 0 Å². The lowest BCUT2D eigenvalue weighted by molar-refractivity contribution is 0.286. The van der Waals surface area contributed by atoms with Gasteiger partial charge in [0.15, 0.2) is 0 Å². The van der Waals surface area contributed by atoms with E-state index in [4.69, 9.17) is 0 Å². The van der Waals surface area contributed by atoms with E-state index >= 15 is 0 Å². The van der Waals surface area contributed by atoms with Crippen molar-refractivity contribution in [1.82, 2.24) is 31.0 Å². The molecule has 5 aromatic carbocycles. The third-order valence-corrected chi connectivity index (χ3v) is 12.3. The van der Waals surface area contributed by atoms with Crippen molar-refractivity contribution < 1.29 is 0 Å². The fraction of sp³-hybridized carbons (Fsp3) is 0.529. The summed E-state index contributed by atoms with van der Waals surface area (Å²) in [6, 6.07) is 44.3. The lowest BCUT2D eigenvalue weighted by atomic mass is 9.90. The Balaban J connectivity index is 0.000000329. The van der Waals surface area contributed by atoms with E-state index in [0.29, 0.717) is 12.1 Å². The normalized spacial score (nSPS) is 13.9. The third-order valence-electron chi connectivity index (χ3n) is 12.3. The average molecular weight is 1050 g/mol. The second-order valence-electron chi connectivity index (χ2n) is 27.1. The highest BCUT2D eigenvalue weighted by Crippen LogP contribution is 2.46. The number of benzene rings is 5. The second-order valence-corrected chi connectivity index (χ2v) is 27.1. The summed E-state index contributed by atoms with van der Waals surface area (Å²) in [6.07, 6.45) is 6.47. The Morgan fingerprint density at radius 2 is 0.909 bits per heavy atom. The summed E-state index contributed by atoms with van der Waals surface area (Å²) in [5, 5.41) is 22.1. The topological polar surface area (TPSA) is 78.0 Å². The van der Waals surface area contributed by atoms with Gasteiger partial charge in [-0.2, -0.15) is 5.10 Å². The Kier molecular flexibility index (Phi) is 25.9. The number of rotatable bonds is 10. The highest BCUT2D eigenvalue weighted by atomic mass is 15.2. The summed E-state index contributed by atoms with van der Waals surface area (Å²) in [6.45, 7) is 54.3. The molecule has 7 rings (SSSR count). The van der Waals surface area contributed by atoms with Gasteiger partial charge in [-0.05, 0) is 218 Å². The van der Waals surface area contributed by atoms with Crippen LogP contribution in [-0.4, -0.2) is 37.5 Å². The maximum atomic E-state index is 4.20. The fourth-order valence-electron chi connectivity index (χ4n) is 9.19. The van der Waals surface area contributed by atoms with Crippen LogP contribution in [0.5, 0.6) is 0 Å². The molecule has 7 heteroatoms. The van der Waals surface area contributed by atoms with Crippen LogP contribution in [-0.2, 0) is 18.1 Å². The number of anilines is 1. The summed E-state index contributed by atoms with van der Waals surface area (Å²) >= 11 is 0. The number of aromatic nitrogens is 2. The van der Waals surface area contributed by atoms with Crippen LogP contribution in [0.15, 0.2) is 134 Å². The number of aryl methyl sites for hydroxylation is 5. The van der Waals surface area contributed by atoms with Gasteiger partial charge in [0, 0.05) is 75.4 Å². The summed E-state index contributed by atoms with van der Waals surface area (Å²) in [4.78, 5) is 0. The molecule has 7 nitrogen and oxygen atoms in total. The minimum atomic E-state index is 0.0198. The molecular formula is C70H111N7. The van der Waals surface area contributed by atoms with Crippen molar-refractivity contribution in [1.29, 1.82) is 0 Å². The number of nitrogens with zero attached hydrogens (tertiary/aromatic N) is 2. The smallest absolute Gasteiger partial charge is 0.0568 e. The Morgan fingerprint density at radius 3 is 1.27 bits per heavy atom. The molecule has 426 valence electrons. The SMILES string of the molecule is CC.CC(NC(C)(C)C)c1ccc(-c2cnn(C)c2)cc1.Cc1ccc(C(C)(C)NC(C)(C)C)cc1.Cc1ccc(C2(NC(C)(C)C)CC2)cc1.Cc1ccc([C@H](C)NC(C)(C)C)cc1.Cc1cccc(NC(C)(C)C)c1. The lowest BCUT2D eigenvalue weighted by Crippen LogP contribution is -2.48. The van der Waals surface area contributed by atoms with Gasteiger partial charge in [0.1, 0.15) is 0 Å². The highest BCUT2D eigenvalue weighted by Gasteiger charge is 2.46. The summed E-state index contributed by atoms with van der Waals surface area (Å²) in [5.41, 5.74) is 15.3. The standard InChI is InChI=1S/C16H23N3.C14H21N.C14H23N.C13H21N.C11H17N.C2H6/c1-12(18-16(2,3)4)13-6-8-14(9-7-13)15-10-17-19(5)11-15;1-11-5-7-12(8-6-11)14(9-10-14)15-13(2,3)4;1-11-7-9-12(10-8-11)14(5,6)15-13(2,3)4;1-10-6-8-12(9-7-10)11(2)14-13(3,4)5;1-9-6-5-7-10(8-9)12-11(2,3)4;1-2/h6-12,18H,1-5H3;5-8,15H,9-10H2,1-4H3;7-10,15H,1-6H3;6-9,11,14H,1-5H3;5-8,12H,1-4H3;1-2H3/t;;;11-;;/m...0../s1. The molecule has 0 radical (unpaired) electrons. The van der Waals surface area contributed by atoms with Crippen molar-refractivity contribution in [3.8, 4) is 11.1 Å². The lowest BCUT2D eigenvalue weighted by Gasteiger charge is -2.35. The molecule has 0 amide bonds. The van der Waals surface area contributed by atoms with Crippen LogP contribution in [0.1, 0.15) is 215 Å². The van der Waals surface area contributed by atoms with E-state index in [2.05, 4.69) is 312 Å². The molecule has 6 aromatic rings. The molecular weight excluding hydrogens is 939 g/mol. The Bertz CT molecular complexity index is 2500. The highest BCUT2D eigenvalue weighted by molar-refractivity contribution is 5.62. The van der Waals surface area contributed by atoms with E-state index < -0.39 is 0 Å². The molecule has 1 unspecified atom stereocenters. The molecule has 0 bridgehead atoms. The van der Waals surface area contributed by atoms with Crippen LogP contribution in [0, 0.1) is 27.7 Å². The molecule has 1 fully saturated rings. The molecule has 77 heavy (non-hydrogen) atoms. The zero-order valence-corrected chi connectivity index (χ0v) is 53.7. The molecule has 0 aliphatic heterocycles. The fourth-order valence-corrected chi connectivity index (χ4v) is 9.19. The monoisotopic (exact) mass is 1050 g/mol. The summed E-state index contributed by atoms with van der Waals surface area (Å²) in [5.74, 6) is 0. The van der Waals surface area contributed by atoms with Crippen molar-refractivity contribution in [2.24, 2.45) is 7.05 Å². The number of hydrogen-bond acceptors (Lipinski definition) is 6. The minimum absolute atomic E-state index is 0.0198. The molecule has 1 aliphatic rings. The molecule has 1 aliphatic carbocycles. The third kappa shape index (κ3) is 27.9. The second kappa shape index (κ2) is 29.2. The Labute approximate surface area is 473 Å². The quantitative estimate of drug-likeness (QED) is 0.0941. The number of hydrogen-bond donors (Lipinski definition) is 5. The van der Waals surface area contributed by atoms with Crippen LogP contribution in [0.4, 0.5) is 5.69 Å². The van der Waals surface area contributed by atoms with E-state index in [1.807, 2.05) is 38.0 Å². The molecule has 1 aromatic heterocycles. The van der Waals surface area contributed by atoms with Gasteiger partial charge in [0.2, 0.25) is 0 Å². The van der Waals surface area contributed by atoms with Gasteiger partial charge in [-0.1, -0.05) is 140 Å². The van der Waals surface area contributed by atoms with E-state index in [1.54, 1.807) is 0 Å². The molecule has 1 saturated carbocycles. The molecule has 0 spiro atoms. The van der Waals surface area contributed by atoms with Gasteiger partial charge in [0.25, 0.3) is 0 Å². The van der Waals surface area contributed by atoms with Gasteiger partial charge in [-0.25, -0.2) is 0 Å². The predicted molar refractivity (Wildman–Crippen MR) is 340 cm³/mol.